The van der Waals surface area contributed by atoms with Crippen LogP contribution in [0.15, 0.2) is 54.6 Å². The van der Waals surface area contributed by atoms with Crippen LogP contribution in [-0.4, -0.2) is 0 Å². The third-order valence-corrected chi connectivity index (χ3v) is 4.90. The molecule has 1 heteroatoms. The minimum atomic E-state index is 0. The van der Waals surface area contributed by atoms with E-state index in [1.165, 1.54) is 87.3 Å². The summed E-state index contributed by atoms with van der Waals surface area (Å²) in [4.78, 5) is 0. The van der Waals surface area contributed by atoms with E-state index in [9.17, 15) is 0 Å². The summed E-state index contributed by atoms with van der Waals surface area (Å²) >= 11 is 0. The van der Waals surface area contributed by atoms with E-state index < -0.39 is 0 Å². The molecule has 1 atom stereocenters. The number of unbranched alkanes of at least 4 members (excludes halogenated alkanes) is 9. The van der Waals surface area contributed by atoms with Crippen LogP contribution in [0.5, 0.6) is 0 Å². The zero-order chi connectivity index (χ0) is 16.9. The molecule has 25 heavy (non-hydrogen) atoms. The van der Waals surface area contributed by atoms with Gasteiger partial charge in [0.05, 0.1) is 0 Å². The predicted octanol–water partition coefficient (Wildman–Crippen LogP) is 7.88. The van der Waals surface area contributed by atoms with E-state index in [4.69, 9.17) is 0 Å². The fourth-order valence-corrected chi connectivity index (χ4v) is 3.44. The Kier molecular flexibility index (Phi) is 12.3. The molecule has 0 heterocycles. The number of hydrogen-bond donors (Lipinski definition) is 0. The maximum Gasteiger partial charge on any atom is -0.0152 e. The highest BCUT2D eigenvalue weighted by molar-refractivity contribution is 6.92. The molecule has 0 bridgehead atoms. The van der Waals surface area contributed by atoms with E-state index in [0.29, 0.717) is 0 Å². The predicted molar refractivity (Wildman–Crippen MR) is 119 cm³/mol. The molecule has 0 spiro atoms. The Labute approximate surface area is 159 Å². The molecule has 0 aliphatic rings. The Morgan fingerprint density at radius 1 is 0.560 bits per heavy atom. The lowest BCUT2D eigenvalue weighted by atomic mass is 9.95. The Hall–Kier alpha value is -1.13. The Balaban J connectivity index is 0.00000312. The van der Waals surface area contributed by atoms with Crippen LogP contribution in [0.25, 0.3) is 11.1 Å². The maximum atomic E-state index is 2.30. The standard InChI is InChI=1S/C24H34.H3P/c1-2-3-4-5-6-7-8-9-10-12-17-23-20-15-16-21-24(23)22-18-13-11-14-19-22;/h11,13-16,18-21H,2-10,12,17H2,1H3;1H3. The van der Waals surface area contributed by atoms with Crippen molar-refractivity contribution in [3.8, 4) is 11.1 Å². The highest BCUT2D eigenvalue weighted by Gasteiger charge is 2.03. The molecule has 0 aliphatic heterocycles. The van der Waals surface area contributed by atoms with Gasteiger partial charge < -0.3 is 0 Å². The molecule has 0 nitrogen and oxygen atoms in total. The minimum Gasteiger partial charge on any atom is -0.153 e. The van der Waals surface area contributed by atoms with Crippen molar-refractivity contribution < 1.29 is 0 Å². The molecule has 2 aromatic carbocycles. The maximum absolute atomic E-state index is 2.30. The molecule has 138 valence electrons. The van der Waals surface area contributed by atoms with Gasteiger partial charge in [0.1, 0.15) is 0 Å². The lowest BCUT2D eigenvalue weighted by molar-refractivity contribution is 0.556. The Bertz CT molecular complexity index is 547. The van der Waals surface area contributed by atoms with Crippen LogP contribution in [0.2, 0.25) is 0 Å². The van der Waals surface area contributed by atoms with E-state index >= 15 is 0 Å². The minimum absolute atomic E-state index is 0. The van der Waals surface area contributed by atoms with E-state index in [-0.39, 0.29) is 9.90 Å². The molecule has 0 fully saturated rings. The molecule has 0 amide bonds. The number of benzene rings is 2. The first-order chi connectivity index (χ1) is 11.9. The van der Waals surface area contributed by atoms with Crippen molar-refractivity contribution >= 4 is 9.90 Å². The lowest BCUT2D eigenvalue weighted by Gasteiger charge is -2.09. The SMILES string of the molecule is CCCCCCCCCCCCc1ccccc1-c1ccccc1.P. The summed E-state index contributed by atoms with van der Waals surface area (Å²) in [6.07, 6.45) is 15.3. The summed E-state index contributed by atoms with van der Waals surface area (Å²) in [5, 5.41) is 0. The number of aryl methyl sites for hydroxylation is 1. The van der Waals surface area contributed by atoms with E-state index in [1.807, 2.05) is 0 Å². The molecule has 1 unspecified atom stereocenters. The zero-order valence-corrected chi connectivity index (χ0v) is 17.6. The quantitative estimate of drug-likeness (QED) is 0.268. The third kappa shape index (κ3) is 8.68. The molecule has 0 N–H and O–H groups in total. The van der Waals surface area contributed by atoms with Crippen LogP contribution < -0.4 is 0 Å². The third-order valence-electron chi connectivity index (χ3n) is 4.90. The van der Waals surface area contributed by atoms with Gasteiger partial charge in [0, 0.05) is 0 Å². The number of rotatable bonds is 12. The topological polar surface area (TPSA) is 0 Å². The summed E-state index contributed by atoms with van der Waals surface area (Å²) in [5.41, 5.74) is 4.26. The average molecular weight is 357 g/mol. The Morgan fingerprint density at radius 3 is 1.72 bits per heavy atom. The molecule has 2 rings (SSSR count). The van der Waals surface area contributed by atoms with Crippen LogP contribution in [0.3, 0.4) is 0 Å². The van der Waals surface area contributed by atoms with Crippen molar-refractivity contribution in [2.75, 3.05) is 0 Å². The van der Waals surface area contributed by atoms with Crippen molar-refractivity contribution in [3.63, 3.8) is 0 Å². The lowest BCUT2D eigenvalue weighted by Crippen LogP contribution is -1.91. The van der Waals surface area contributed by atoms with E-state index in [2.05, 4.69) is 61.5 Å². The van der Waals surface area contributed by atoms with Crippen molar-refractivity contribution in [1.82, 2.24) is 0 Å². The van der Waals surface area contributed by atoms with E-state index in [1.54, 1.807) is 0 Å². The second kappa shape index (κ2) is 14.1. The summed E-state index contributed by atoms with van der Waals surface area (Å²) < 4.78 is 0. The fraction of sp³-hybridized carbons (Fsp3) is 0.500. The van der Waals surface area contributed by atoms with Crippen molar-refractivity contribution in [3.05, 3.63) is 60.2 Å². The first-order valence-corrected chi connectivity index (χ1v) is 10.0. The van der Waals surface area contributed by atoms with Gasteiger partial charge in [-0.05, 0) is 29.5 Å². The molecule has 0 saturated carbocycles. The summed E-state index contributed by atoms with van der Waals surface area (Å²) in [6, 6.07) is 19.7. The van der Waals surface area contributed by atoms with Crippen molar-refractivity contribution in [1.29, 1.82) is 0 Å². The van der Waals surface area contributed by atoms with E-state index in [0.717, 1.165) is 0 Å². The average Bonchev–Trinajstić information content (AvgIpc) is 2.64. The highest BCUT2D eigenvalue weighted by atomic mass is 31.0. The van der Waals surface area contributed by atoms with Crippen molar-refractivity contribution in [2.24, 2.45) is 0 Å². The van der Waals surface area contributed by atoms with Gasteiger partial charge in [-0.25, -0.2) is 0 Å². The van der Waals surface area contributed by atoms with Crippen LogP contribution in [0.1, 0.15) is 76.7 Å². The summed E-state index contributed by atoms with van der Waals surface area (Å²) in [7, 11) is 0. The highest BCUT2D eigenvalue weighted by Crippen LogP contribution is 2.25. The molecule has 0 aliphatic carbocycles. The van der Waals surface area contributed by atoms with Gasteiger partial charge in [-0.2, -0.15) is 9.90 Å². The molecular formula is C24H37P. The molecule has 2 aromatic rings. The summed E-state index contributed by atoms with van der Waals surface area (Å²) in [6.45, 7) is 2.29. The van der Waals surface area contributed by atoms with Crippen LogP contribution in [-0.2, 0) is 6.42 Å². The fourth-order valence-electron chi connectivity index (χ4n) is 3.44. The largest absolute Gasteiger partial charge is 0.153 e. The first kappa shape index (κ1) is 21.9. The van der Waals surface area contributed by atoms with Gasteiger partial charge >= 0.3 is 0 Å². The van der Waals surface area contributed by atoms with Gasteiger partial charge in [0.2, 0.25) is 0 Å². The van der Waals surface area contributed by atoms with Gasteiger partial charge in [-0.1, -0.05) is 119 Å². The second-order valence-corrected chi connectivity index (χ2v) is 6.96. The molecule has 0 saturated heterocycles. The first-order valence-electron chi connectivity index (χ1n) is 10.0. The molecule has 0 aromatic heterocycles. The Morgan fingerprint density at radius 2 is 1.08 bits per heavy atom. The van der Waals surface area contributed by atoms with Crippen molar-refractivity contribution in [2.45, 2.75) is 77.6 Å². The molecule has 0 radical (unpaired) electrons. The number of hydrogen-bond acceptors (Lipinski definition) is 0. The van der Waals surface area contributed by atoms with Gasteiger partial charge in [-0.15, -0.1) is 0 Å². The van der Waals surface area contributed by atoms with Gasteiger partial charge in [0.15, 0.2) is 0 Å². The second-order valence-electron chi connectivity index (χ2n) is 6.96. The summed E-state index contributed by atoms with van der Waals surface area (Å²) in [5.74, 6) is 0. The van der Waals surface area contributed by atoms with Crippen LogP contribution in [0.4, 0.5) is 0 Å². The molecular weight excluding hydrogens is 319 g/mol. The van der Waals surface area contributed by atoms with Crippen LogP contribution >= 0.6 is 9.90 Å². The van der Waals surface area contributed by atoms with Gasteiger partial charge in [0.25, 0.3) is 0 Å². The zero-order valence-electron chi connectivity index (χ0n) is 16.2. The smallest absolute Gasteiger partial charge is 0.0152 e. The monoisotopic (exact) mass is 356 g/mol. The van der Waals surface area contributed by atoms with Crippen LogP contribution in [0, 0.1) is 0 Å². The van der Waals surface area contributed by atoms with Gasteiger partial charge in [-0.3, -0.25) is 0 Å². The normalized spacial score (nSPS) is 10.4.